The van der Waals surface area contributed by atoms with Crippen LogP contribution in [0.15, 0.2) is 18.2 Å². The third-order valence-corrected chi connectivity index (χ3v) is 8.83. The molecule has 0 spiro atoms. The molecule has 0 saturated heterocycles. The average molecular weight is 547 g/mol. The molecule has 0 aliphatic heterocycles. The number of fused-ring (bicyclic) bond motifs is 1. The predicted octanol–water partition coefficient (Wildman–Crippen LogP) is 10.4. The lowest BCUT2D eigenvalue weighted by Gasteiger charge is -2.33. The van der Waals surface area contributed by atoms with E-state index in [1.807, 2.05) is 0 Å². The van der Waals surface area contributed by atoms with Gasteiger partial charge >= 0.3 is 0 Å². The minimum absolute atomic E-state index is 0.113. The highest BCUT2D eigenvalue weighted by molar-refractivity contribution is 5.57. The van der Waals surface area contributed by atoms with E-state index < -0.39 is 29.3 Å². The summed E-state index contributed by atoms with van der Waals surface area (Å²) in [4.78, 5) is 7.87. The number of nitrogens with zero attached hydrogens (tertiary/aromatic N) is 2. The second-order valence-electron chi connectivity index (χ2n) is 12.3. The Morgan fingerprint density at radius 3 is 2.18 bits per heavy atom. The lowest BCUT2D eigenvalue weighted by molar-refractivity contribution is -0.0824. The molecule has 6 heteroatoms. The van der Waals surface area contributed by atoms with E-state index in [1.54, 1.807) is 12.1 Å². The van der Waals surface area contributed by atoms with Crippen molar-refractivity contribution in [2.24, 2.45) is 17.8 Å². The van der Waals surface area contributed by atoms with Crippen LogP contribution in [0.2, 0.25) is 0 Å². The van der Waals surface area contributed by atoms with Crippen molar-refractivity contribution in [3.63, 3.8) is 0 Å². The Hall–Kier alpha value is -1.98. The topological polar surface area (TPSA) is 25.8 Å². The summed E-state index contributed by atoms with van der Waals surface area (Å²) < 4.78 is 60.7. The minimum Gasteiger partial charge on any atom is -0.218 e. The van der Waals surface area contributed by atoms with Crippen molar-refractivity contribution in [2.45, 2.75) is 129 Å². The van der Waals surface area contributed by atoms with E-state index in [0.717, 1.165) is 44.4 Å². The first-order valence-corrected chi connectivity index (χ1v) is 15.5. The van der Waals surface area contributed by atoms with Gasteiger partial charge < -0.3 is 0 Å². The van der Waals surface area contributed by atoms with Crippen LogP contribution in [0.5, 0.6) is 0 Å². The molecule has 2 heterocycles. The standard InChI is InChI=1S/C33H46F4N2/c1-3-4-12-23(2)21-26-18-20-28(38-31(26)34)29-22-25-17-19-27(33(36,37)30(25)32(35)39-29)14-11-9-7-5-6-8-10-13-24-15-16-24/h18,20,22-24,27H,3-17,19,21H2,1-2H3. The van der Waals surface area contributed by atoms with Crippen molar-refractivity contribution < 1.29 is 17.6 Å². The summed E-state index contributed by atoms with van der Waals surface area (Å²) in [6.45, 7) is 4.22. The monoisotopic (exact) mass is 546 g/mol. The van der Waals surface area contributed by atoms with Crippen LogP contribution in [0.4, 0.5) is 17.6 Å². The predicted molar refractivity (Wildman–Crippen MR) is 150 cm³/mol. The molecule has 2 aliphatic carbocycles. The van der Waals surface area contributed by atoms with Crippen LogP contribution in [-0.2, 0) is 18.8 Å². The SMILES string of the molecule is CCCCC(C)Cc1ccc(-c2cc3c(c(F)n2)C(F)(F)C(CCCCCCCCCC2CC2)CC3)nc1F. The molecule has 1 fully saturated rings. The summed E-state index contributed by atoms with van der Waals surface area (Å²) in [6, 6.07) is 4.77. The maximum absolute atomic E-state index is 15.4. The number of halogens is 4. The molecule has 1 saturated carbocycles. The minimum atomic E-state index is -3.25. The van der Waals surface area contributed by atoms with E-state index in [0.29, 0.717) is 37.2 Å². The first-order chi connectivity index (χ1) is 18.8. The maximum Gasteiger partial charge on any atom is 0.280 e. The van der Waals surface area contributed by atoms with Gasteiger partial charge in [0.15, 0.2) is 0 Å². The van der Waals surface area contributed by atoms with Gasteiger partial charge in [0.1, 0.15) is 0 Å². The molecule has 4 rings (SSSR count). The highest BCUT2D eigenvalue weighted by atomic mass is 19.3. The third-order valence-electron chi connectivity index (χ3n) is 8.83. The number of hydrogen-bond acceptors (Lipinski definition) is 2. The summed E-state index contributed by atoms with van der Waals surface area (Å²) in [6.07, 6.45) is 16.9. The van der Waals surface area contributed by atoms with Crippen molar-refractivity contribution in [1.82, 2.24) is 9.97 Å². The van der Waals surface area contributed by atoms with Crippen molar-refractivity contribution in [3.8, 4) is 11.4 Å². The van der Waals surface area contributed by atoms with Crippen molar-refractivity contribution >= 4 is 0 Å². The fourth-order valence-electron chi connectivity index (χ4n) is 6.19. The normalized spacial score (nSPS) is 19.2. The molecule has 0 radical (unpaired) electrons. The van der Waals surface area contributed by atoms with Crippen LogP contribution in [0.1, 0.15) is 127 Å². The van der Waals surface area contributed by atoms with Gasteiger partial charge in [0.2, 0.25) is 11.9 Å². The summed E-state index contributed by atoms with van der Waals surface area (Å²) >= 11 is 0. The number of aryl methyl sites for hydroxylation is 1. The number of pyridine rings is 2. The summed E-state index contributed by atoms with van der Waals surface area (Å²) in [5.74, 6) is -4.52. The summed E-state index contributed by atoms with van der Waals surface area (Å²) in [5, 5.41) is 0. The molecule has 2 aromatic rings. The Morgan fingerprint density at radius 1 is 0.846 bits per heavy atom. The lowest BCUT2D eigenvalue weighted by Crippen LogP contribution is -2.33. The van der Waals surface area contributed by atoms with E-state index >= 15 is 13.2 Å². The largest absolute Gasteiger partial charge is 0.280 e. The second kappa shape index (κ2) is 14.1. The van der Waals surface area contributed by atoms with Gasteiger partial charge in [-0.3, -0.25) is 0 Å². The highest BCUT2D eigenvalue weighted by Gasteiger charge is 2.47. The van der Waals surface area contributed by atoms with Crippen LogP contribution in [-0.4, -0.2) is 9.97 Å². The van der Waals surface area contributed by atoms with Gasteiger partial charge in [0.25, 0.3) is 5.92 Å². The first-order valence-electron chi connectivity index (χ1n) is 15.5. The van der Waals surface area contributed by atoms with Gasteiger partial charge in [-0.25, -0.2) is 18.7 Å². The number of rotatable bonds is 16. The Kier molecular flexibility index (Phi) is 10.8. The van der Waals surface area contributed by atoms with E-state index in [9.17, 15) is 4.39 Å². The molecule has 2 aliphatic rings. The van der Waals surface area contributed by atoms with Crippen LogP contribution in [0.3, 0.4) is 0 Å². The van der Waals surface area contributed by atoms with Gasteiger partial charge in [-0.1, -0.05) is 103 Å². The fourth-order valence-corrected chi connectivity index (χ4v) is 6.19. The Bertz CT molecular complexity index is 1070. The molecule has 39 heavy (non-hydrogen) atoms. The third kappa shape index (κ3) is 8.27. The van der Waals surface area contributed by atoms with Gasteiger partial charge in [-0.05, 0) is 55.2 Å². The molecule has 2 aromatic heterocycles. The molecule has 2 nitrogen and oxygen atoms in total. The highest BCUT2D eigenvalue weighted by Crippen LogP contribution is 2.47. The zero-order chi connectivity index (χ0) is 27.8. The summed E-state index contributed by atoms with van der Waals surface area (Å²) in [5.41, 5.74) is 0.507. The molecule has 2 atom stereocenters. The van der Waals surface area contributed by atoms with Crippen LogP contribution in [0.25, 0.3) is 11.4 Å². The Morgan fingerprint density at radius 2 is 1.51 bits per heavy atom. The first kappa shape index (κ1) is 30.0. The molecular formula is C33H46F4N2. The van der Waals surface area contributed by atoms with Gasteiger partial charge in [0, 0.05) is 11.5 Å². The molecule has 0 aromatic carbocycles. The molecule has 216 valence electrons. The lowest BCUT2D eigenvalue weighted by atomic mass is 9.78. The number of alkyl halides is 2. The molecule has 2 unspecified atom stereocenters. The van der Waals surface area contributed by atoms with E-state index in [-0.39, 0.29) is 17.0 Å². The van der Waals surface area contributed by atoms with Crippen molar-refractivity contribution in [2.75, 3.05) is 0 Å². The zero-order valence-corrected chi connectivity index (χ0v) is 23.9. The van der Waals surface area contributed by atoms with E-state index in [2.05, 4.69) is 23.8 Å². The zero-order valence-electron chi connectivity index (χ0n) is 23.9. The van der Waals surface area contributed by atoms with Crippen molar-refractivity contribution in [1.29, 1.82) is 0 Å². The summed E-state index contributed by atoms with van der Waals surface area (Å²) in [7, 11) is 0. The molecule has 0 N–H and O–H groups in total. The van der Waals surface area contributed by atoms with Crippen molar-refractivity contribution in [3.05, 3.63) is 46.8 Å². The van der Waals surface area contributed by atoms with Gasteiger partial charge in [-0.15, -0.1) is 0 Å². The number of unbranched alkanes of at least 4 members (excludes halogenated alkanes) is 7. The van der Waals surface area contributed by atoms with Gasteiger partial charge in [0.05, 0.1) is 17.0 Å². The molecular weight excluding hydrogens is 500 g/mol. The van der Waals surface area contributed by atoms with E-state index in [1.165, 1.54) is 51.0 Å². The smallest absolute Gasteiger partial charge is 0.218 e. The number of hydrogen-bond donors (Lipinski definition) is 0. The van der Waals surface area contributed by atoms with E-state index in [4.69, 9.17) is 0 Å². The maximum atomic E-state index is 15.4. The molecule has 0 bridgehead atoms. The average Bonchev–Trinajstić information content (AvgIpc) is 3.72. The van der Waals surface area contributed by atoms with Gasteiger partial charge in [-0.2, -0.15) is 8.78 Å². The quantitative estimate of drug-likeness (QED) is 0.119. The van der Waals surface area contributed by atoms with Crippen LogP contribution < -0.4 is 0 Å². The fraction of sp³-hybridized carbons (Fsp3) is 0.697. The Labute approximate surface area is 232 Å². The van der Waals surface area contributed by atoms with Crippen LogP contribution in [0, 0.1) is 29.6 Å². The second-order valence-corrected chi connectivity index (χ2v) is 12.3. The van der Waals surface area contributed by atoms with Crippen LogP contribution >= 0.6 is 0 Å². The Balaban J connectivity index is 1.31. The molecule has 0 amide bonds. The number of aromatic nitrogens is 2.